The van der Waals surface area contributed by atoms with E-state index in [0.29, 0.717) is 29.0 Å². The van der Waals surface area contributed by atoms with Crippen molar-refractivity contribution in [3.8, 4) is 28.7 Å². The highest BCUT2D eigenvalue weighted by molar-refractivity contribution is 5.97. The standard InChI is InChI=1S/C29H27N5O2/c1-29(31,18-20-9-3-2-4-10-20)28-33-32-26(36-28)23-15-22(25-12-6-5-11-21(25)19-30)16-24(17-23)27(35)34-13-7-8-14-34/h2-6,9-12,15-17H,7-8,13-14,18,31H2,1H3/t29-/m1/s1. The molecular formula is C29H27N5O2. The summed E-state index contributed by atoms with van der Waals surface area (Å²) in [4.78, 5) is 15.2. The van der Waals surface area contributed by atoms with Crippen LogP contribution in [0.2, 0.25) is 0 Å². The molecule has 1 aromatic heterocycles. The third-order valence-corrected chi connectivity index (χ3v) is 6.51. The predicted molar refractivity (Wildman–Crippen MR) is 137 cm³/mol. The first-order valence-corrected chi connectivity index (χ1v) is 12.1. The first-order valence-electron chi connectivity index (χ1n) is 12.1. The molecule has 7 heteroatoms. The molecule has 0 spiro atoms. The molecule has 0 saturated carbocycles. The molecule has 180 valence electrons. The predicted octanol–water partition coefficient (Wildman–Crippen LogP) is 4.93. The zero-order chi connectivity index (χ0) is 25.1. The number of nitrogens with zero attached hydrogens (tertiary/aromatic N) is 4. The molecule has 0 radical (unpaired) electrons. The third-order valence-electron chi connectivity index (χ3n) is 6.51. The maximum Gasteiger partial charge on any atom is 0.253 e. The lowest BCUT2D eigenvalue weighted by Crippen LogP contribution is -2.35. The van der Waals surface area contributed by atoms with Crippen molar-refractivity contribution in [2.24, 2.45) is 5.73 Å². The van der Waals surface area contributed by atoms with Gasteiger partial charge in [-0.25, -0.2) is 0 Å². The molecule has 1 saturated heterocycles. The molecule has 0 aliphatic carbocycles. The molecule has 5 rings (SSSR count). The lowest BCUT2D eigenvalue weighted by atomic mass is 9.94. The van der Waals surface area contributed by atoms with Gasteiger partial charge in [-0.05, 0) is 67.1 Å². The number of likely N-dealkylation sites (tertiary alicyclic amines) is 1. The molecule has 1 aliphatic rings. The topological polar surface area (TPSA) is 109 Å². The van der Waals surface area contributed by atoms with E-state index in [-0.39, 0.29) is 11.8 Å². The number of nitriles is 1. The summed E-state index contributed by atoms with van der Waals surface area (Å²) in [7, 11) is 0. The Kier molecular flexibility index (Phi) is 6.36. The van der Waals surface area contributed by atoms with Crippen LogP contribution >= 0.6 is 0 Å². The maximum absolute atomic E-state index is 13.3. The van der Waals surface area contributed by atoms with Gasteiger partial charge in [-0.15, -0.1) is 10.2 Å². The molecule has 3 aromatic carbocycles. The fourth-order valence-electron chi connectivity index (χ4n) is 4.63. The van der Waals surface area contributed by atoms with E-state index in [1.54, 1.807) is 12.1 Å². The monoisotopic (exact) mass is 477 g/mol. The molecule has 2 N–H and O–H groups in total. The highest BCUT2D eigenvalue weighted by Crippen LogP contribution is 2.32. The molecule has 7 nitrogen and oxygen atoms in total. The normalized spacial score (nSPS) is 14.9. The van der Waals surface area contributed by atoms with E-state index < -0.39 is 5.54 Å². The second-order valence-electron chi connectivity index (χ2n) is 9.45. The minimum Gasteiger partial charge on any atom is -0.419 e. The fraction of sp³-hybridized carbons (Fsp3) is 0.241. The van der Waals surface area contributed by atoms with E-state index in [9.17, 15) is 10.1 Å². The number of carbonyl (C=O) groups is 1. The van der Waals surface area contributed by atoms with Crippen LogP contribution in [0.25, 0.3) is 22.6 Å². The van der Waals surface area contributed by atoms with Crippen molar-refractivity contribution in [2.75, 3.05) is 13.1 Å². The van der Waals surface area contributed by atoms with Crippen LogP contribution < -0.4 is 5.73 Å². The Morgan fingerprint density at radius 3 is 2.47 bits per heavy atom. The lowest BCUT2D eigenvalue weighted by molar-refractivity contribution is 0.0793. The van der Waals surface area contributed by atoms with Crippen LogP contribution in [-0.2, 0) is 12.0 Å². The molecular weight excluding hydrogens is 450 g/mol. The molecule has 2 heterocycles. The van der Waals surface area contributed by atoms with Gasteiger partial charge in [0.15, 0.2) is 0 Å². The van der Waals surface area contributed by atoms with Crippen molar-refractivity contribution in [1.29, 1.82) is 5.26 Å². The Balaban J connectivity index is 1.55. The molecule has 0 unspecified atom stereocenters. The first kappa shape index (κ1) is 23.5. The van der Waals surface area contributed by atoms with Crippen molar-refractivity contribution in [3.63, 3.8) is 0 Å². The van der Waals surface area contributed by atoms with E-state index >= 15 is 0 Å². The van der Waals surface area contributed by atoms with Gasteiger partial charge in [-0.2, -0.15) is 5.26 Å². The lowest BCUT2D eigenvalue weighted by Gasteiger charge is -2.20. The summed E-state index contributed by atoms with van der Waals surface area (Å²) in [6.07, 6.45) is 2.53. The number of nitrogens with two attached hydrogens (primary N) is 1. The van der Waals surface area contributed by atoms with Crippen LogP contribution in [0.4, 0.5) is 0 Å². The number of amides is 1. The van der Waals surface area contributed by atoms with Crippen molar-refractivity contribution >= 4 is 5.91 Å². The highest BCUT2D eigenvalue weighted by atomic mass is 16.4. The maximum atomic E-state index is 13.3. The molecule has 36 heavy (non-hydrogen) atoms. The fourth-order valence-corrected chi connectivity index (χ4v) is 4.63. The van der Waals surface area contributed by atoms with Gasteiger partial charge in [-0.3, -0.25) is 4.79 Å². The van der Waals surface area contributed by atoms with Gasteiger partial charge in [0.2, 0.25) is 11.8 Å². The number of hydrogen-bond donors (Lipinski definition) is 1. The van der Waals surface area contributed by atoms with E-state index in [4.69, 9.17) is 10.2 Å². The van der Waals surface area contributed by atoms with Gasteiger partial charge in [0.25, 0.3) is 5.91 Å². The molecule has 1 aliphatic heterocycles. The Hall–Kier alpha value is -4.28. The van der Waals surface area contributed by atoms with E-state index in [2.05, 4.69) is 16.3 Å². The summed E-state index contributed by atoms with van der Waals surface area (Å²) in [5.41, 5.74) is 9.93. The zero-order valence-corrected chi connectivity index (χ0v) is 20.1. The van der Waals surface area contributed by atoms with Crippen LogP contribution in [0.5, 0.6) is 0 Å². The van der Waals surface area contributed by atoms with Crippen LogP contribution in [0.3, 0.4) is 0 Å². The summed E-state index contributed by atoms with van der Waals surface area (Å²) in [6, 6.07) is 25.0. The van der Waals surface area contributed by atoms with Crippen molar-refractivity contribution in [1.82, 2.24) is 15.1 Å². The van der Waals surface area contributed by atoms with Crippen LogP contribution in [-0.4, -0.2) is 34.1 Å². The van der Waals surface area contributed by atoms with Crippen molar-refractivity contribution in [2.45, 2.75) is 31.7 Å². The van der Waals surface area contributed by atoms with Gasteiger partial charge >= 0.3 is 0 Å². The molecule has 4 aromatic rings. The van der Waals surface area contributed by atoms with Gasteiger partial charge in [0.1, 0.15) is 0 Å². The summed E-state index contributed by atoms with van der Waals surface area (Å²) in [6.45, 7) is 3.34. The van der Waals surface area contributed by atoms with Crippen LogP contribution in [0.15, 0.2) is 77.2 Å². The third kappa shape index (κ3) is 4.77. The number of carbonyl (C=O) groups excluding carboxylic acids is 1. The van der Waals surface area contributed by atoms with Crippen molar-refractivity contribution < 1.29 is 9.21 Å². The number of hydrogen-bond acceptors (Lipinski definition) is 6. The van der Waals surface area contributed by atoms with Gasteiger partial charge in [0.05, 0.1) is 17.2 Å². The average Bonchev–Trinajstić information content (AvgIpc) is 3.62. The highest BCUT2D eigenvalue weighted by Gasteiger charge is 2.29. The number of rotatable bonds is 6. The minimum atomic E-state index is -0.869. The Morgan fingerprint density at radius 1 is 1.03 bits per heavy atom. The summed E-state index contributed by atoms with van der Waals surface area (Å²) in [5, 5.41) is 18.2. The quantitative estimate of drug-likeness (QED) is 0.422. The van der Waals surface area contributed by atoms with Gasteiger partial charge < -0.3 is 15.1 Å². The Morgan fingerprint density at radius 2 is 1.72 bits per heavy atom. The van der Waals surface area contributed by atoms with Gasteiger partial charge in [0, 0.05) is 24.2 Å². The van der Waals surface area contributed by atoms with E-state index in [0.717, 1.165) is 42.6 Å². The first-order chi connectivity index (χ1) is 17.4. The molecule has 1 fully saturated rings. The number of aromatic nitrogens is 2. The SMILES string of the molecule is C[C@@](N)(Cc1ccccc1)c1nnc(-c2cc(C(=O)N3CCCC3)cc(-c3ccccc3C#N)c2)o1. The summed E-state index contributed by atoms with van der Waals surface area (Å²) >= 11 is 0. The second kappa shape index (κ2) is 9.76. The van der Waals surface area contributed by atoms with Crippen LogP contribution in [0.1, 0.15) is 47.1 Å². The largest absolute Gasteiger partial charge is 0.419 e. The summed E-state index contributed by atoms with van der Waals surface area (Å²) in [5.74, 6) is 0.551. The van der Waals surface area contributed by atoms with Crippen molar-refractivity contribution in [3.05, 3.63) is 95.4 Å². The number of benzene rings is 3. The minimum absolute atomic E-state index is 0.0440. The average molecular weight is 478 g/mol. The zero-order valence-electron chi connectivity index (χ0n) is 20.1. The molecule has 0 bridgehead atoms. The van der Waals surface area contributed by atoms with E-state index in [1.807, 2.05) is 72.5 Å². The van der Waals surface area contributed by atoms with Crippen LogP contribution in [0, 0.1) is 11.3 Å². The van der Waals surface area contributed by atoms with Gasteiger partial charge in [-0.1, -0.05) is 48.5 Å². The van der Waals surface area contributed by atoms with E-state index in [1.165, 1.54) is 0 Å². The smallest absolute Gasteiger partial charge is 0.253 e. The molecule has 1 atom stereocenters. The Bertz CT molecular complexity index is 1430. The molecule has 1 amide bonds. The Labute approximate surface area is 210 Å². The second-order valence-corrected chi connectivity index (χ2v) is 9.45. The summed E-state index contributed by atoms with van der Waals surface area (Å²) < 4.78 is 6.08.